The Morgan fingerprint density at radius 1 is 1.16 bits per heavy atom. The van der Waals surface area contributed by atoms with Crippen molar-refractivity contribution in [1.82, 2.24) is 14.2 Å². The van der Waals surface area contributed by atoms with Crippen molar-refractivity contribution in [3.8, 4) is 6.07 Å². The lowest BCUT2D eigenvalue weighted by molar-refractivity contribution is -0.117. The van der Waals surface area contributed by atoms with Crippen LogP contribution in [0.3, 0.4) is 0 Å². The summed E-state index contributed by atoms with van der Waals surface area (Å²) in [6.07, 6.45) is 1.71. The van der Waals surface area contributed by atoms with Crippen LogP contribution < -0.4 is 5.32 Å². The summed E-state index contributed by atoms with van der Waals surface area (Å²) in [5, 5.41) is 12.7. The molecule has 8 nitrogen and oxygen atoms in total. The molecule has 2 aromatic carbocycles. The molecule has 0 unspecified atom stereocenters. The molecule has 1 atom stereocenters. The van der Waals surface area contributed by atoms with Gasteiger partial charge in [0, 0.05) is 37.3 Å². The lowest BCUT2D eigenvalue weighted by Crippen LogP contribution is -2.55. The Balaban J connectivity index is 1.40. The van der Waals surface area contributed by atoms with Crippen molar-refractivity contribution in [2.75, 3.05) is 31.5 Å². The molecule has 2 heterocycles. The van der Waals surface area contributed by atoms with Gasteiger partial charge in [-0.3, -0.25) is 14.7 Å². The molecule has 4 rings (SSSR count). The highest BCUT2D eigenvalue weighted by molar-refractivity contribution is 7.89. The number of hydrogen-bond acceptors (Lipinski definition) is 6. The molecule has 0 aliphatic carbocycles. The van der Waals surface area contributed by atoms with E-state index in [1.165, 1.54) is 28.6 Å². The van der Waals surface area contributed by atoms with Crippen LogP contribution >= 0.6 is 0 Å². The Morgan fingerprint density at radius 2 is 1.94 bits per heavy atom. The van der Waals surface area contributed by atoms with Gasteiger partial charge in [-0.05, 0) is 55.5 Å². The molecule has 164 valence electrons. The van der Waals surface area contributed by atoms with Gasteiger partial charge in [0.05, 0.1) is 34.3 Å². The van der Waals surface area contributed by atoms with E-state index in [1.807, 2.05) is 48.2 Å². The van der Waals surface area contributed by atoms with Crippen molar-refractivity contribution in [1.29, 1.82) is 5.26 Å². The summed E-state index contributed by atoms with van der Waals surface area (Å²) < 4.78 is 27.5. The fraction of sp³-hybridized carbons (Fsp3) is 0.261. The van der Waals surface area contributed by atoms with Crippen LogP contribution in [-0.2, 0) is 14.8 Å². The zero-order valence-corrected chi connectivity index (χ0v) is 18.4. The maximum atomic E-state index is 13.0. The van der Waals surface area contributed by atoms with Crippen LogP contribution in [-0.4, -0.2) is 60.7 Å². The van der Waals surface area contributed by atoms with Gasteiger partial charge < -0.3 is 5.32 Å². The van der Waals surface area contributed by atoms with Gasteiger partial charge in [-0.25, -0.2) is 8.42 Å². The van der Waals surface area contributed by atoms with E-state index in [0.717, 1.165) is 10.9 Å². The van der Waals surface area contributed by atoms with E-state index in [2.05, 4.69) is 10.3 Å². The third-order valence-corrected chi connectivity index (χ3v) is 7.56. The molecule has 1 aliphatic rings. The summed E-state index contributed by atoms with van der Waals surface area (Å²) in [5.41, 5.74) is 1.92. The predicted octanol–water partition coefficient (Wildman–Crippen LogP) is 2.44. The zero-order chi connectivity index (χ0) is 22.7. The molecule has 1 N–H and O–H groups in total. The molecule has 0 radical (unpaired) electrons. The van der Waals surface area contributed by atoms with Gasteiger partial charge in [-0.1, -0.05) is 6.07 Å². The zero-order valence-electron chi connectivity index (χ0n) is 17.6. The number of nitrogens with zero attached hydrogens (tertiary/aromatic N) is 4. The number of piperazine rings is 1. The number of hydrogen-bond donors (Lipinski definition) is 1. The van der Waals surface area contributed by atoms with Crippen LogP contribution in [0.4, 0.5) is 5.69 Å². The number of nitriles is 1. The van der Waals surface area contributed by atoms with Crippen LogP contribution in [0.2, 0.25) is 0 Å². The summed E-state index contributed by atoms with van der Waals surface area (Å²) in [7, 11) is -3.67. The highest BCUT2D eigenvalue weighted by Crippen LogP contribution is 2.23. The standard InChI is InChI=1S/C23H23N5O3S/c1-17-15-27(12-13-28(17)32(30,31)19-9-7-18(14-24)8-10-19)16-23(29)26-22-6-2-5-21-20(22)4-3-11-25-21/h2-11,17H,12-13,15-16H2,1H3,(H,26,29)/t17-/m0/s1. The molecule has 1 fully saturated rings. The summed E-state index contributed by atoms with van der Waals surface area (Å²) in [6, 6.07) is 16.9. The Kier molecular flexibility index (Phi) is 6.19. The second-order valence-corrected chi connectivity index (χ2v) is 9.65. The maximum Gasteiger partial charge on any atom is 0.243 e. The van der Waals surface area contributed by atoms with Crippen molar-refractivity contribution >= 4 is 32.5 Å². The molecule has 1 amide bonds. The average molecular weight is 450 g/mol. The number of fused-ring (bicyclic) bond motifs is 1. The third-order valence-electron chi connectivity index (χ3n) is 5.53. The average Bonchev–Trinajstić information content (AvgIpc) is 2.79. The first kappa shape index (κ1) is 21.9. The van der Waals surface area contributed by atoms with E-state index in [-0.39, 0.29) is 29.9 Å². The molecule has 1 saturated heterocycles. The van der Waals surface area contributed by atoms with Gasteiger partial charge in [-0.2, -0.15) is 9.57 Å². The number of benzene rings is 2. The Morgan fingerprint density at radius 3 is 2.66 bits per heavy atom. The van der Waals surface area contributed by atoms with Gasteiger partial charge in [-0.15, -0.1) is 0 Å². The maximum absolute atomic E-state index is 13.0. The number of rotatable bonds is 5. The van der Waals surface area contributed by atoms with Crippen molar-refractivity contribution in [2.45, 2.75) is 17.9 Å². The van der Waals surface area contributed by atoms with Gasteiger partial charge in [0.25, 0.3) is 0 Å². The van der Waals surface area contributed by atoms with Crippen LogP contribution in [0.5, 0.6) is 0 Å². The van der Waals surface area contributed by atoms with Crippen LogP contribution in [0, 0.1) is 11.3 Å². The fourth-order valence-electron chi connectivity index (χ4n) is 3.96. The van der Waals surface area contributed by atoms with E-state index in [4.69, 9.17) is 5.26 Å². The van der Waals surface area contributed by atoms with Gasteiger partial charge in [0.2, 0.25) is 15.9 Å². The fourth-order valence-corrected chi connectivity index (χ4v) is 5.57. The number of nitrogens with one attached hydrogen (secondary N) is 1. The highest BCUT2D eigenvalue weighted by Gasteiger charge is 2.34. The molecule has 0 saturated carbocycles. The van der Waals surface area contributed by atoms with E-state index >= 15 is 0 Å². The van der Waals surface area contributed by atoms with Gasteiger partial charge >= 0.3 is 0 Å². The largest absolute Gasteiger partial charge is 0.324 e. The summed E-state index contributed by atoms with van der Waals surface area (Å²) >= 11 is 0. The van der Waals surface area contributed by atoms with E-state index in [1.54, 1.807) is 6.20 Å². The van der Waals surface area contributed by atoms with Crippen LogP contribution in [0.1, 0.15) is 12.5 Å². The summed E-state index contributed by atoms with van der Waals surface area (Å²) in [6.45, 7) is 3.19. The lowest BCUT2D eigenvalue weighted by Gasteiger charge is -2.38. The minimum atomic E-state index is -3.67. The highest BCUT2D eigenvalue weighted by atomic mass is 32.2. The molecule has 1 aliphatic heterocycles. The molecular formula is C23H23N5O3S. The molecule has 1 aromatic heterocycles. The number of carbonyl (C=O) groups is 1. The Labute approximate surface area is 187 Å². The van der Waals surface area contributed by atoms with Crippen molar-refractivity contribution in [3.05, 3.63) is 66.4 Å². The van der Waals surface area contributed by atoms with Crippen molar-refractivity contribution in [2.24, 2.45) is 0 Å². The van der Waals surface area contributed by atoms with Crippen molar-refractivity contribution < 1.29 is 13.2 Å². The first-order valence-electron chi connectivity index (χ1n) is 10.3. The second-order valence-electron chi connectivity index (χ2n) is 7.76. The Hall–Kier alpha value is -3.32. The van der Waals surface area contributed by atoms with Gasteiger partial charge in [0.1, 0.15) is 0 Å². The first-order valence-corrected chi connectivity index (χ1v) is 11.7. The molecule has 9 heteroatoms. The third kappa shape index (κ3) is 4.48. The van der Waals surface area contributed by atoms with E-state index < -0.39 is 10.0 Å². The quantitative estimate of drug-likeness (QED) is 0.641. The predicted molar refractivity (Wildman–Crippen MR) is 121 cm³/mol. The SMILES string of the molecule is C[C@H]1CN(CC(=O)Nc2cccc3ncccc23)CCN1S(=O)(=O)c1ccc(C#N)cc1. The van der Waals surface area contributed by atoms with E-state index in [0.29, 0.717) is 24.3 Å². The van der Waals surface area contributed by atoms with Crippen LogP contribution in [0.25, 0.3) is 10.9 Å². The molecular weight excluding hydrogens is 426 g/mol. The number of aromatic nitrogens is 1. The molecule has 0 spiro atoms. The molecule has 0 bridgehead atoms. The normalized spacial score (nSPS) is 17.7. The van der Waals surface area contributed by atoms with Gasteiger partial charge in [0.15, 0.2) is 0 Å². The number of carbonyl (C=O) groups excluding carboxylic acids is 1. The smallest absolute Gasteiger partial charge is 0.243 e. The lowest BCUT2D eigenvalue weighted by atomic mass is 10.2. The first-order chi connectivity index (χ1) is 15.4. The molecule has 32 heavy (non-hydrogen) atoms. The summed E-state index contributed by atoms with van der Waals surface area (Å²) in [5.74, 6) is -0.156. The van der Waals surface area contributed by atoms with Crippen LogP contribution in [0.15, 0.2) is 65.7 Å². The monoisotopic (exact) mass is 449 g/mol. The number of sulfonamides is 1. The topological polar surface area (TPSA) is 106 Å². The minimum Gasteiger partial charge on any atom is -0.324 e. The minimum absolute atomic E-state index is 0.156. The second kappa shape index (κ2) is 9.04. The van der Waals surface area contributed by atoms with E-state index in [9.17, 15) is 13.2 Å². The Bertz CT molecular complexity index is 1280. The number of anilines is 1. The van der Waals surface area contributed by atoms with Crippen molar-refractivity contribution in [3.63, 3.8) is 0 Å². The summed E-state index contributed by atoms with van der Waals surface area (Å²) in [4.78, 5) is 19.1. The number of pyridine rings is 1. The number of amides is 1. The molecule has 3 aromatic rings.